The minimum absolute atomic E-state index is 0.135. The first kappa shape index (κ1) is 24.7. The van der Waals surface area contributed by atoms with E-state index in [-0.39, 0.29) is 12.8 Å². The molecule has 10 heteroatoms. The number of halogens is 6. The Morgan fingerprint density at radius 3 is 1.21 bits per heavy atom. The van der Waals surface area contributed by atoms with Gasteiger partial charge in [-0.15, -0.1) is 0 Å². The van der Waals surface area contributed by atoms with Crippen LogP contribution in [0.4, 0.5) is 0 Å². The van der Waals surface area contributed by atoms with E-state index in [2.05, 4.69) is 9.78 Å². The number of rotatable bonds is 10. The van der Waals surface area contributed by atoms with Crippen molar-refractivity contribution in [1.82, 2.24) is 0 Å². The van der Waals surface area contributed by atoms with Crippen molar-refractivity contribution in [3.05, 3.63) is 0 Å². The minimum atomic E-state index is -1.27. The van der Waals surface area contributed by atoms with Crippen LogP contribution in [-0.4, -0.2) is 19.5 Å². The Balaban J connectivity index is 3.53. The highest BCUT2D eigenvalue weighted by Gasteiger charge is 2.19. The number of unbranched alkanes of at least 4 members (excludes halogenated alkanes) is 4. The Labute approximate surface area is 172 Å². The van der Waals surface area contributed by atoms with Gasteiger partial charge in [-0.05, 0) is 38.5 Å². The highest BCUT2D eigenvalue weighted by Crippen LogP contribution is 2.32. The van der Waals surface area contributed by atoms with Crippen LogP contribution < -0.4 is 0 Å². The van der Waals surface area contributed by atoms with E-state index in [1.807, 2.05) is 0 Å². The molecule has 0 fully saturated rings. The number of alkyl halides is 6. The molecule has 0 amide bonds. The van der Waals surface area contributed by atoms with Gasteiger partial charge in [-0.3, -0.25) is 0 Å². The average molecular weight is 465 g/mol. The van der Waals surface area contributed by atoms with Crippen LogP contribution in [0.5, 0.6) is 0 Å². The van der Waals surface area contributed by atoms with Crippen molar-refractivity contribution in [1.29, 1.82) is 0 Å². The number of carbonyl (C=O) groups is 2. The van der Waals surface area contributed by atoms with E-state index in [9.17, 15) is 9.59 Å². The molecule has 0 aromatic rings. The van der Waals surface area contributed by atoms with E-state index in [0.717, 1.165) is 0 Å². The Hall–Kier alpha value is 0.680. The average Bonchev–Trinajstić information content (AvgIpc) is 2.42. The van der Waals surface area contributed by atoms with Gasteiger partial charge in [0, 0.05) is 0 Å². The van der Waals surface area contributed by atoms with Crippen molar-refractivity contribution in [2.75, 3.05) is 0 Å². The molecule has 0 saturated carbocycles. The highest BCUT2D eigenvalue weighted by molar-refractivity contribution is 6.67. The molecule has 0 aromatic heterocycles. The molecule has 4 nitrogen and oxygen atoms in total. The predicted octanol–water partition coefficient (Wildman–Crippen LogP) is 6.63. The fraction of sp³-hybridized carbons (Fsp3) is 0.857. The van der Waals surface area contributed by atoms with Gasteiger partial charge in [-0.2, -0.15) is 0 Å². The van der Waals surface area contributed by atoms with Crippen LogP contribution in [0.1, 0.15) is 64.2 Å². The molecule has 0 radical (unpaired) electrons. The maximum atomic E-state index is 11.4. The molecule has 0 unspecified atom stereocenters. The molecule has 0 rings (SSSR count). The van der Waals surface area contributed by atoms with E-state index in [0.29, 0.717) is 51.4 Å². The summed E-state index contributed by atoms with van der Waals surface area (Å²) in [6.07, 6.45) is 5.00. The molecule has 0 heterocycles. The van der Waals surface area contributed by atoms with Gasteiger partial charge < -0.3 is 0 Å². The summed E-state index contributed by atoms with van der Waals surface area (Å²) in [7, 11) is 0. The summed E-state index contributed by atoms with van der Waals surface area (Å²) < 4.78 is -2.54. The number of hydrogen-bond donors (Lipinski definition) is 0. The second-order valence-electron chi connectivity index (χ2n) is 5.26. The minimum Gasteiger partial charge on any atom is -0.247 e. The van der Waals surface area contributed by atoms with Crippen LogP contribution in [-0.2, 0) is 19.4 Å². The van der Waals surface area contributed by atoms with Crippen LogP contribution in [0.2, 0.25) is 0 Å². The van der Waals surface area contributed by atoms with Crippen molar-refractivity contribution in [2.45, 2.75) is 71.8 Å². The molecule has 0 bridgehead atoms. The first-order valence-electron chi connectivity index (χ1n) is 7.53. The maximum Gasteiger partial charge on any atom is 0.355 e. The van der Waals surface area contributed by atoms with Gasteiger partial charge >= 0.3 is 11.9 Å². The Bertz CT molecular complexity index is 342. The fourth-order valence-electron chi connectivity index (χ4n) is 1.72. The first-order chi connectivity index (χ1) is 11.0. The summed E-state index contributed by atoms with van der Waals surface area (Å²) in [6, 6.07) is 0. The van der Waals surface area contributed by atoms with E-state index in [4.69, 9.17) is 69.6 Å². The van der Waals surface area contributed by atoms with E-state index in [1.165, 1.54) is 0 Å². The summed E-state index contributed by atoms with van der Waals surface area (Å²) >= 11 is 33.6. The van der Waals surface area contributed by atoms with E-state index in [1.54, 1.807) is 0 Å². The zero-order valence-electron chi connectivity index (χ0n) is 13.0. The molecular formula is C14H20Cl6O4. The SMILES string of the molecule is O=C(CCCCCC(Cl)(Cl)Cl)OOC(=O)CCCCCC(Cl)(Cl)Cl. The van der Waals surface area contributed by atoms with Crippen molar-refractivity contribution in [2.24, 2.45) is 0 Å². The van der Waals surface area contributed by atoms with E-state index < -0.39 is 19.5 Å². The molecule has 0 aromatic carbocycles. The third-order valence-electron chi connectivity index (χ3n) is 2.91. The van der Waals surface area contributed by atoms with Crippen molar-refractivity contribution < 1.29 is 19.4 Å². The quantitative estimate of drug-likeness (QED) is 0.157. The monoisotopic (exact) mass is 462 g/mol. The normalized spacial score (nSPS) is 12.1. The molecule has 0 aliphatic heterocycles. The molecule has 0 atom stereocenters. The lowest BCUT2D eigenvalue weighted by molar-refractivity contribution is -0.259. The maximum absolute atomic E-state index is 11.4. The fourth-order valence-corrected chi connectivity index (χ4v) is 2.52. The van der Waals surface area contributed by atoms with Crippen LogP contribution >= 0.6 is 69.6 Å². The highest BCUT2D eigenvalue weighted by atomic mass is 35.6. The van der Waals surface area contributed by atoms with Gasteiger partial charge in [-0.1, -0.05) is 82.4 Å². The second-order valence-corrected chi connectivity index (χ2v) is 10.3. The van der Waals surface area contributed by atoms with Gasteiger partial charge in [-0.25, -0.2) is 19.4 Å². The Kier molecular flexibility index (Phi) is 13.3. The van der Waals surface area contributed by atoms with Gasteiger partial charge in [0.1, 0.15) is 0 Å². The molecule has 24 heavy (non-hydrogen) atoms. The summed E-state index contributed by atoms with van der Waals surface area (Å²) in [4.78, 5) is 31.6. The molecule has 142 valence electrons. The van der Waals surface area contributed by atoms with E-state index >= 15 is 0 Å². The summed E-state index contributed by atoms with van der Waals surface area (Å²) in [6.45, 7) is 0. The topological polar surface area (TPSA) is 52.6 Å². The summed E-state index contributed by atoms with van der Waals surface area (Å²) in [5.41, 5.74) is 0. The zero-order chi connectivity index (χ0) is 18.6. The molecule has 0 saturated heterocycles. The first-order valence-corrected chi connectivity index (χ1v) is 9.80. The lowest BCUT2D eigenvalue weighted by Crippen LogP contribution is -2.11. The van der Waals surface area contributed by atoms with Crippen LogP contribution in [0, 0.1) is 0 Å². The Morgan fingerprint density at radius 1 is 0.583 bits per heavy atom. The summed E-state index contributed by atoms with van der Waals surface area (Å²) in [5, 5.41) is 0. The third-order valence-corrected chi connectivity index (χ3v) is 4.04. The third kappa shape index (κ3) is 19.0. The molecule has 0 aliphatic carbocycles. The van der Waals surface area contributed by atoms with Gasteiger partial charge in [0.2, 0.25) is 0 Å². The van der Waals surface area contributed by atoms with Crippen LogP contribution in [0.15, 0.2) is 0 Å². The van der Waals surface area contributed by atoms with Crippen molar-refractivity contribution >= 4 is 81.5 Å². The van der Waals surface area contributed by atoms with Crippen molar-refractivity contribution in [3.63, 3.8) is 0 Å². The summed E-state index contributed by atoms with van der Waals surface area (Å²) in [5.74, 6) is -1.21. The van der Waals surface area contributed by atoms with Gasteiger partial charge in [0.05, 0.1) is 12.8 Å². The van der Waals surface area contributed by atoms with Crippen molar-refractivity contribution in [3.8, 4) is 0 Å². The smallest absolute Gasteiger partial charge is 0.247 e. The molecular weight excluding hydrogens is 445 g/mol. The Morgan fingerprint density at radius 2 is 0.917 bits per heavy atom. The molecule has 0 aliphatic rings. The van der Waals surface area contributed by atoms with Crippen LogP contribution in [0.3, 0.4) is 0 Å². The number of carbonyl (C=O) groups excluding carboxylic acids is 2. The largest absolute Gasteiger partial charge is 0.355 e. The van der Waals surface area contributed by atoms with Gasteiger partial charge in [0.25, 0.3) is 0 Å². The number of hydrogen-bond acceptors (Lipinski definition) is 4. The molecule has 0 spiro atoms. The lowest BCUT2D eigenvalue weighted by atomic mass is 10.1. The molecule has 0 N–H and O–H groups in total. The predicted molar refractivity (Wildman–Crippen MR) is 98.9 cm³/mol. The van der Waals surface area contributed by atoms with Crippen LogP contribution in [0.25, 0.3) is 0 Å². The lowest BCUT2D eigenvalue weighted by Gasteiger charge is -2.09. The zero-order valence-corrected chi connectivity index (χ0v) is 17.5. The standard InChI is InChI=1S/C14H20Cl6O4/c15-13(16,17)9-5-1-3-7-11(21)23-24-12(22)8-4-2-6-10-14(18,19)20/h1-10H2. The van der Waals surface area contributed by atoms with Gasteiger partial charge in [0.15, 0.2) is 7.59 Å². The second kappa shape index (κ2) is 12.9.